The van der Waals surface area contributed by atoms with Gasteiger partial charge in [-0.15, -0.1) is 4.91 Å². The molecule has 1 unspecified atom stereocenters. The van der Waals surface area contributed by atoms with Crippen molar-refractivity contribution in [3.8, 4) is 0 Å². The highest BCUT2D eigenvalue weighted by Gasteiger charge is 2.27. The summed E-state index contributed by atoms with van der Waals surface area (Å²) in [4.78, 5) is 34.2. The van der Waals surface area contributed by atoms with Gasteiger partial charge in [-0.3, -0.25) is 14.5 Å². The molecule has 0 aliphatic rings. The zero-order valence-electron chi connectivity index (χ0n) is 10.8. The Labute approximate surface area is 102 Å². The number of hydrogen-bond donors (Lipinski definition) is 1. The van der Waals surface area contributed by atoms with Gasteiger partial charge in [-0.1, -0.05) is 0 Å². The van der Waals surface area contributed by atoms with E-state index in [9.17, 15) is 14.5 Å². The van der Waals surface area contributed by atoms with Crippen molar-refractivity contribution in [3.63, 3.8) is 0 Å². The smallest absolute Gasteiger partial charge is 0.287 e. The summed E-state index contributed by atoms with van der Waals surface area (Å²) in [5.41, 5.74) is 5.16. The van der Waals surface area contributed by atoms with Gasteiger partial charge >= 0.3 is 0 Å². The molecule has 0 fully saturated rings. The minimum Gasteiger partial charge on any atom is -0.370 e. The number of amides is 2. The van der Waals surface area contributed by atoms with Crippen LogP contribution in [0.5, 0.6) is 0 Å². The molecular weight excluding hydrogens is 222 g/mol. The van der Waals surface area contributed by atoms with E-state index < -0.39 is 11.8 Å². The Bertz CT molecular complexity index is 282. The summed E-state index contributed by atoms with van der Waals surface area (Å²) in [5, 5.41) is 2.37. The molecule has 0 rings (SSSR count). The standard InChI is InChI=1S/C11H21N3O3/c1-7(2)14(8(3)4)9(5-10(12)15)6-11(16)13-17/h7-9H,5-6H2,1-4H3,(H2,12,15). The van der Waals surface area contributed by atoms with Crippen LogP contribution >= 0.6 is 0 Å². The molecule has 0 saturated heterocycles. The molecule has 0 spiro atoms. The fourth-order valence-corrected chi connectivity index (χ4v) is 2.19. The highest BCUT2D eigenvalue weighted by Crippen LogP contribution is 2.17. The van der Waals surface area contributed by atoms with Gasteiger partial charge in [0.25, 0.3) is 5.91 Å². The van der Waals surface area contributed by atoms with Crippen LogP contribution in [-0.2, 0) is 9.59 Å². The first-order chi connectivity index (χ1) is 7.79. The SMILES string of the molecule is CC(C)N(C(C)C)C(CC(N)=O)CC(=O)N=O. The van der Waals surface area contributed by atoms with Gasteiger partial charge < -0.3 is 5.73 Å². The third-order valence-corrected chi connectivity index (χ3v) is 2.56. The molecule has 17 heavy (non-hydrogen) atoms. The Hall–Kier alpha value is -1.30. The van der Waals surface area contributed by atoms with Crippen LogP contribution in [0.3, 0.4) is 0 Å². The summed E-state index contributed by atoms with van der Waals surface area (Å²) in [6, 6.07) is -0.0599. The van der Waals surface area contributed by atoms with Crippen molar-refractivity contribution in [3.05, 3.63) is 4.91 Å². The second-order valence-electron chi connectivity index (χ2n) is 4.65. The summed E-state index contributed by atoms with van der Waals surface area (Å²) in [7, 11) is 0. The van der Waals surface area contributed by atoms with Crippen LogP contribution in [0.4, 0.5) is 0 Å². The first-order valence-corrected chi connectivity index (χ1v) is 5.71. The predicted octanol–water partition coefficient (Wildman–Crippen LogP) is 1.03. The van der Waals surface area contributed by atoms with Gasteiger partial charge in [0.05, 0.1) is 0 Å². The second-order valence-corrected chi connectivity index (χ2v) is 4.65. The molecular formula is C11H21N3O3. The van der Waals surface area contributed by atoms with E-state index in [1.54, 1.807) is 0 Å². The lowest BCUT2D eigenvalue weighted by Crippen LogP contribution is -2.47. The quantitative estimate of drug-likeness (QED) is 0.676. The van der Waals surface area contributed by atoms with Gasteiger partial charge in [-0.25, -0.2) is 0 Å². The van der Waals surface area contributed by atoms with Gasteiger partial charge in [0.1, 0.15) is 0 Å². The molecule has 2 amide bonds. The van der Waals surface area contributed by atoms with Crippen LogP contribution in [0.15, 0.2) is 5.18 Å². The Balaban J connectivity index is 4.90. The molecule has 0 aromatic heterocycles. The monoisotopic (exact) mass is 243 g/mol. The first-order valence-electron chi connectivity index (χ1n) is 5.71. The molecule has 2 N–H and O–H groups in total. The average molecular weight is 243 g/mol. The third kappa shape index (κ3) is 5.53. The molecule has 6 heteroatoms. The van der Waals surface area contributed by atoms with Gasteiger partial charge in [0.2, 0.25) is 5.91 Å². The van der Waals surface area contributed by atoms with Crippen molar-refractivity contribution in [1.29, 1.82) is 0 Å². The Morgan fingerprint density at radius 2 is 1.59 bits per heavy atom. The number of primary amides is 1. The largest absolute Gasteiger partial charge is 0.370 e. The summed E-state index contributed by atoms with van der Waals surface area (Å²) < 4.78 is 0. The van der Waals surface area contributed by atoms with Crippen molar-refractivity contribution < 1.29 is 9.59 Å². The fraction of sp³-hybridized carbons (Fsp3) is 0.818. The van der Waals surface area contributed by atoms with Gasteiger partial charge in [0.15, 0.2) is 0 Å². The number of nitrogens with two attached hydrogens (primary N) is 1. The average Bonchev–Trinajstić information content (AvgIpc) is 2.14. The van der Waals surface area contributed by atoms with Crippen molar-refractivity contribution in [1.82, 2.24) is 4.90 Å². The molecule has 0 saturated carbocycles. The van der Waals surface area contributed by atoms with E-state index in [1.807, 2.05) is 32.6 Å². The Kier molecular flexibility index (Phi) is 6.57. The number of rotatable bonds is 7. The summed E-state index contributed by atoms with van der Waals surface area (Å²) in [5.74, 6) is -1.23. The maximum Gasteiger partial charge on any atom is 0.287 e. The lowest BCUT2D eigenvalue weighted by molar-refractivity contribution is -0.122. The zero-order valence-corrected chi connectivity index (χ0v) is 10.8. The topological polar surface area (TPSA) is 92.8 Å². The normalized spacial score (nSPS) is 13.1. The second kappa shape index (κ2) is 7.11. The molecule has 0 bridgehead atoms. The molecule has 0 aliphatic heterocycles. The first kappa shape index (κ1) is 15.7. The Morgan fingerprint density at radius 3 is 1.88 bits per heavy atom. The van der Waals surface area contributed by atoms with Gasteiger partial charge in [-0.2, -0.15) is 0 Å². The van der Waals surface area contributed by atoms with Crippen LogP contribution in [-0.4, -0.2) is 34.8 Å². The molecule has 98 valence electrons. The number of nitrogens with zero attached hydrogens (tertiary/aromatic N) is 2. The molecule has 0 aliphatic carbocycles. The van der Waals surface area contributed by atoms with E-state index in [0.717, 1.165) is 0 Å². The van der Waals surface area contributed by atoms with E-state index in [-0.39, 0.29) is 31.0 Å². The summed E-state index contributed by atoms with van der Waals surface area (Å²) in [6.07, 6.45) is -0.0135. The van der Waals surface area contributed by atoms with Crippen LogP contribution < -0.4 is 5.73 Å². The van der Waals surface area contributed by atoms with Crippen molar-refractivity contribution in [2.24, 2.45) is 10.9 Å². The van der Waals surface area contributed by atoms with E-state index in [2.05, 4.69) is 5.18 Å². The van der Waals surface area contributed by atoms with Crippen molar-refractivity contribution in [2.45, 2.75) is 58.7 Å². The Morgan fingerprint density at radius 1 is 1.12 bits per heavy atom. The minimum atomic E-state index is -0.748. The van der Waals surface area contributed by atoms with Crippen LogP contribution in [0.1, 0.15) is 40.5 Å². The van der Waals surface area contributed by atoms with Crippen molar-refractivity contribution in [2.75, 3.05) is 0 Å². The third-order valence-electron chi connectivity index (χ3n) is 2.56. The van der Waals surface area contributed by atoms with E-state index >= 15 is 0 Å². The number of carbonyl (C=O) groups excluding carboxylic acids is 2. The molecule has 0 aromatic carbocycles. The van der Waals surface area contributed by atoms with Crippen LogP contribution in [0.25, 0.3) is 0 Å². The minimum absolute atomic E-state index is 0.0532. The molecule has 0 aromatic rings. The highest BCUT2D eigenvalue weighted by atomic mass is 16.3. The maximum absolute atomic E-state index is 11.1. The van der Waals surface area contributed by atoms with Crippen molar-refractivity contribution >= 4 is 11.8 Å². The summed E-state index contributed by atoms with van der Waals surface area (Å²) >= 11 is 0. The zero-order chi connectivity index (χ0) is 13.6. The lowest BCUT2D eigenvalue weighted by Gasteiger charge is -2.37. The lowest BCUT2D eigenvalue weighted by atomic mass is 10.0. The fourth-order valence-electron chi connectivity index (χ4n) is 2.19. The number of hydrogen-bond acceptors (Lipinski definition) is 4. The molecule has 0 radical (unpaired) electrons. The predicted molar refractivity (Wildman–Crippen MR) is 65.1 cm³/mol. The van der Waals surface area contributed by atoms with E-state index in [0.29, 0.717) is 0 Å². The summed E-state index contributed by atoms with van der Waals surface area (Å²) in [6.45, 7) is 7.86. The number of carbonyl (C=O) groups is 2. The molecule has 6 nitrogen and oxygen atoms in total. The van der Waals surface area contributed by atoms with Crippen LogP contribution in [0.2, 0.25) is 0 Å². The van der Waals surface area contributed by atoms with E-state index in [1.165, 1.54) is 0 Å². The highest BCUT2D eigenvalue weighted by molar-refractivity contribution is 5.79. The van der Waals surface area contributed by atoms with Crippen LogP contribution in [0, 0.1) is 4.91 Å². The van der Waals surface area contributed by atoms with E-state index in [4.69, 9.17) is 5.73 Å². The van der Waals surface area contributed by atoms with Gasteiger partial charge in [0, 0.05) is 36.1 Å². The number of nitroso groups, excluding NO2 is 1. The maximum atomic E-state index is 11.1. The molecule has 0 heterocycles. The molecule has 1 atom stereocenters. The van der Waals surface area contributed by atoms with Gasteiger partial charge in [-0.05, 0) is 27.7 Å².